The minimum Gasteiger partial charge on any atom is -0.481 e. The standard InChI is InChI=1S/C18H27N3O2S/c1-13-17(3-4-18(19-13)22-2)24-21-11-14-9-20(10-15(14)12-21)16-5-7-23-8-6-16/h3-4,14-16H,5-12H2,1-2H3. The summed E-state index contributed by atoms with van der Waals surface area (Å²) in [6.07, 6.45) is 2.43. The quantitative estimate of drug-likeness (QED) is 0.778. The molecule has 0 bridgehead atoms. The summed E-state index contributed by atoms with van der Waals surface area (Å²) in [5.41, 5.74) is 1.06. The van der Waals surface area contributed by atoms with Crippen molar-refractivity contribution in [1.82, 2.24) is 14.2 Å². The molecule has 2 unspecified atom stereocenters. The van der Waals surface area contributed by atoms with Crippen molar-refractivity contribution in [2.75, 3.05) is 46.5 Å². The Morgan fingerprint density at radius 2 is 1.83 bits per heavy atom. The van der Waals surface area contributed by atoms with Crippen molar-refractivity contribution in [3.63, 3.8) is 0 Å². The van der Waals surface area contributed by atoms with Crippen LogP contribution in [0.5, 0.6) is 5.88 Å². The maximum atomic E-state index is 5.51. The fourth-order valence-corrected chi connectivity index (χ4v) is 5.40. The summed E-state index contributed by atoms with van der Waals surface area (Å²) in [7, 11) is 1.67. The molecule has 2 atom stereocenters. The monoisotopic (exact) mass is 349 g/mol. The molecule has 1 aromatic rings. The Kier molecular flexibility index (Phi) is 4.99. The summed E-state index contributed by atoms with van der Waals surface area (Å²) >= 11 is 1.87. The van der Waals surface area contributed by atoms with E-state index >= 15 is 0 Å². The van der Waals surface area contributed by atoms with Crippen LogP contribution >= 0.6 is 11.9 Å². The van der Waals surface area contributed by atoms with Gasteiger partial charge in [0.15, 0.2) is 0 Å². The third-order valence-corrected chi connectivity index (χ3v) is 6.82. The van der Waals surface area contributed by atoms with Gasteiger partial charge >= 0.3 is 0 Å². The van der Waals surface area contributed by atoms with Crippen LogP contribution in [-0.2, 0) is 4.74 Å². The molecule has 3 aliphatic heterocycles. The molecule has 0 N–H and O–H groups in total. The highest BCUT2D eigenvalue weighted by molar-refractivity contribution is 7.97. The van der Waals surface area contributed by atoms with Gasteiger partial charge < -0.3 is 9.47 Å². The zero-order chi connectivity index (χ0) is 16.5. The molecule has 0 saturated carbocycles. The largest absolute Gasteiger partial charge is 0.481 e. The Morgan fingerprint density at radius 1 is 1.12 bits per heavy atom. The Balaban J connectivity index is 1.32. The maximum Gasteiger partial charge on any atom is 0.213 e. The Bertz CT molecular complexity index is 565. The number of likely N-dealkylation sites (tertiary alicyclic amines) is 1. The van der Waals surface area contributed by atoms with Crippen LogP contribution in [0, 0.1) is 18.8 Å². The molecule has 3 saturated heterocycles. The lowest BCUT2D eigenvalue weighted by molar-refractivity contribution is 0.0394. The molecule has 0 amide bonds. The summed E-state index contributed by atoms with van der Waals surface area (Å²) in [6, 6.07) is 4.85. The van der Waals surface area contributed by atoms with Crippen LogP contribution in [-0.4, -0.2) is 66.7 Å². The predicted molar refractivity (Wildman–Crippen MR) is 95.4 cm³/mol. The van der Waals surface area contributed by atoms with Crippen molar-refractivity contribution in [3.05, 3.63) is 17.8 Å². The molecule has 3 aliphatic rings. The third kappa shape index (κ3) is 3.43. The molecule has 0 spiro atoms. The van der Waals surface area contributed by atoms with Gasteiger partial charge in [-0.25, -0.2) is 9.29 Å². The van der Waals surface area contributed by atoms with E-state index in [1.165, 1.54) is 43.9 Å². The van der Waals surface area contributed by atoms with Crippen LogP contribution in [0.1, 0.15) is 18.5 Å². The molecule has 0 radical (unpaired) electrons. The number of rotatable bonds is 4. The number of aryl methyl sites for hydroxylation is 1. The van der Waals surface area contributed by atoms with Crippen molar-refractivity contribution in [1.29, 1.82) is 0 Å². The molecule has 6 heteroatoms. The third-order valence-electron chi connectivity index (χ3n) is 5.64. The Morgan fingerprint density at radius 3 is 2.46 bits per heavy atom. The number of ether oxygens (including phenoxy) is 2. The van der Waals surface area contributed by atoms with E-state index in [4.69, 9.17) is 9.47 Å². The molecule has 1 aromatic heterocycles. The van der Waals surface area contributed by atoms with Gasteiger partial charge in [0.25, 0.3) is 0 Å². The lowest BCUT2D eigenvalue weighted by atomic mass is 10.0. The Labute approximate surface area is 148 Å². The molecular formula is C18H27N3O2S. The second-order valence-corrected chi connectivity index (χ2v) is 8.33. The average Bonchev–Trinajstić information content (AvgIpc) is 3.16. The normalized spacial score (nSPS) is 29.1. The van der Waals surface area contributed by atoms with E-state index < -0.39 is 0 Å². The fourth-order valence-electron chi connectivity index (χ4n) is 4.28. The summed E-state index contributed by atoms with van der Waals surface area (Å²) in [5.74, 6) is 2.35. The first-order valence-corrected chi connectivity index (χ1v) is 9.76. The van der Waals surface area contributed by atoms with Crippen LogP contribution in [0.3, 0.4) is 0 Å². The van der Waals surface area contributed by atoms with Crippen LogP contribution in [0.4, 0.5) is 0 Å². The second-order valence-electron chi connectivity index (χ2n) is 7.19. The minimum atomic E-state index is 0.697. The van der Waals surface area contributed by atoms with E-state index in [1.807, 2.05) is 18.0 Å². The Hall–Kier alpha value is -0.820. The number of hydrogen-bond donors (Lipinski definition) is 0. The van der Waals surface area contributed by atoms with E-state index in [2.05, 4.69) is 27.2 Å². The zero-order valence-corrected chi connectivity index (χ0v) is 15.4. The van der Waals surface area contributed by atoms with E-state index in [0.717, 1.165) is 36.8 Å². The molecule has 0 aliphatic carbocycles. The van der Waals surface area contributed by atoms with E-state index in [1.54, 1.807) is 7.11 Å². The van der Waals surface area contributed by atoms with E-state index in [0.29, 0.717) is 5.88 Å². The first-order chi connectivity index (χ1) is 11.7. The van der Waals surface area contributed by atoms with Crippen LogP contribution < -0.4 is 4.74 Å². The lowest BCUT2D eigenvalue weighted by Crippen LogP contribution is -2.39. The molecule has 4 rings (SSSR count). The van der Waals surface area contributed by atoms with Gasteiger partial charge in [0.05, 0.1) is 12.8 Å². The number of hydrogen-bond acceptors (Lipinski definition) is 6. The highest BCUT2D eigenvalue weighted by Crippen LogP contribution is 2.39. The molecule has 24 heavy (non-hydrogen) atoms. The minimum absolute atomic E-state index is 0.697. The van der Waals surface area contributed by atoms with Gasteiger partial charge in [-0.15, -0.1) is 0 Å². The fraction of sp³-hybridized carbons (Fsp3) is 0.722. The predicted octanol–water partition coefficient (Wildman–Crippen LogP) is 2.45. The lowest BCUT2D eigenvalue weighted by Gasteiger charge is -2.32. The van der Waals surface area contributed by atoms with Crippen LogP contribution in [0.2, 0.25) is 0 Å². The smallest absolute Gasteiger partial charge is 0.213 e. The number of methoxy groups -OCH3 is 1. The van der Waals surface area contributed by atoms with Crippen molar-refractivity contribution in [3.8, 4) is 5.88 Å². The van der Waals surface area contributed by atoms with Crippen molar-refractivity contribution in [2.45, 2.75) is 30.7 Å². The maximum absolute atomic E-state index is 5.51. The number of aromatic nitrogens is 1. The summed E-state index contributed by atoms with van der Waals surface area (Å²) in [4.78, 5) is 8.47. The number of fused-ring (bicyclic) bond motifs is 1. The number of pyridine rings is 1. The van der Waals surface area contributed by atoms with E-state index in [-0.39, 0.29) is 0 Å². The molecule has 132 valence electrons. The van der Waals surface area contributed by atoms with Gasteiger partial charge in [-0.2, -0.15) is 0 Å². The van der Waals surface area contributed by atoms with Gasteiger partial charge in [-0.05, 0) is 49.6 Å². The second kappa shape index (κ2) is 7.20. The highest BCUT2D eigenvalue weighted by atomic mass is 32.2. The summed E-state index contributed by atoms with van der Waals surface area (Å²) in [6.45, 7) is 8.89. The van der Waals surface area contributed by atoms with Crippen LogP contribution in [0.15, 0.2) is 17.0 Å². The van der Waals surface area contributed by atoms with Crippen molar-refractivity contribution < 1.29 is 9.47 Å². The zero-order valence-electron chi connectivity index (χ0n) is 14.6. The van der Waals surface area contributed by atoms with Gasteiger partial charge in [0.1, 0.15) is 0 Å². The molecule has 0 aromatic carbocycles. The molecule has 3 fully saturated rings. The molecule has 4 heterocycles. The topological polar surface area (TPSA) is 37.8 Å². The van der Waals surface area contributed by atoms with Crippen molar-refractivity contribution in [2.24, 2.45) is 11.8 Å². The van der Waals surface area contributed by atoms with E-state index in [9.17, 15) is 0 Å². The first-order valence-electron chi connectivity index (χ1n) is 8.99. The first kappa shape index (κ1) is 16.6. The van der Waals surface area contributed by atoms with Gasteiger partial charge in [-0.3, -0.25) is 4.90 Å². The molecule has 5 nitrogen and oxygen atoms in total. The van der Waals surface area contributed by atoms with Gasteiger partial charge in [0.2, 0.25) is 5.88 Å². The average molecular weight is 350 g/mol. The van der Waals surface area contributed by atoms with Crippen molar-refractivity contribution >= 4 is 11.9 Å². The molecular weight excluding hydrogens is 322 g/mol. The van der Waals surface area contributed by atoms with Gasteiger partial charge in [-0.1, -0.05) is 0 Å². The summed E-state index contributed by atoms with van der Waals surface area (Å²) in [5, 5.41) is 0. The summed E-state index contributed by atoms with van der Waals surface area (Å²) < 4.78 is 13.2. The van der Waals surface area contributed by atoms with Gasteiger partial charge in [0, 0.05) is 56.4 Å². The highest BCUT2D eigenvalue weighted by Gasteiger charge is 2.42. The SMILES string of the molecule is COc1ccc(SN2CC3CN(C4CCOCC4)CC3C2)c(C)n1. The number of nitrogens with zero attached hydrogens (tertiary/aromatic N) is 3. The van der Waals surface area contributed by atoms with Crippen LogP contribution in [0.25, 0.3) is 0 Å².